The second-order valence-electron chi connectivity index (χ2n) is 6.05. The Morgan fingerprint density at radius 3 is 2.46 bits per heavy atom. The van der Waals surface area contributed by atoms with Crippen LogP contribution in [0.2, 0.25) is 0 Å². The predicted molar refractivity (Wildman–Crippen MR) is 104 cm³/mol. The summed E-state index contributed by atoms with van der Waals surface area (Å²) in [6, 6.07) is 13.9. The number of carbonyl (C=O) groups is 2. The lowest BCUT2D eigenvalue weighted by Crippen LogP contribution is -2.20. The van der Waals surface area contributed by atoms with Crippen LogP contribution < -0.4 is 10.7 Å². The molecule has 142 valence electrons. The van der Waals surface area contributed by atoms with Gasteiger partial charge in [-0.15, -0.1) is 0 Å². The van der Waals surface area contributed by atoms with Gasteiger partial charge in [0.25, 0.3) is 11.8 Å². The average molecular weight is 379 g/mol. The van der Waals surface area contributed by atoms with E-state index in [-0.39, 0.29) is 11.6 Å². The van der Waals surface area contributed by atoms with Gasteiger partial charge in [-0.3, -0.25) is 14.3 Å². The quantitative estimate of drug-likeness (QED) is 0.528. The van der Waals surface area contributed by atoms with E-state index in [2.05, 4.69) is 20.9 Å². The third-order valence-electron chi connectivity index (χ3n) is 3.92. The Hall–Kier alpha value is -3.81. The van der Waals surface area contributed by atoms with E-state index < -0.39 is 11.7 Å². The summed E-state index contributed by atoms with van der Waals surface area (Å²) in [7, 11) is 1.72. The van der Waals surface area contributed by atoms with Crippen molar-refractivity contribution in [1.29, 1.82) is 0 Å². The summed E-state index contributed by atoms with van der Waals surface area (Å²) in [6.07, 6.45) is 1.67. The van der Waals surface area contributed by atoms with Crippen molar-refractivity contribution in [3.05, 3.63) is 83.4 Å². The number of carbonyl (C=O) groups excluding carboxylic acids is 2. The largest absolute Gasteiger partial charge is 0.322 e. The minimum atomic E-state index is -0.416. The summed E-state index contributed by atoms with van der Waals surface area (Å²) < 4.78 is 14.5. The van der Waals surface area contributed by atoms with E-state index in [1.807, 2.05) is 0 Å². The summed E-state index contributed by atoms with van der Waals surface area (Å²) in [4.78, 5) is 24.3. The topological polar surface area (TPSA) is 88.4 Å². The van der Waals surface area contributed by atoms with Gasteiger partial charge in [-0.25, -0.2) is 9.82 Å². The Kier molecular flexibility index (Phi) is 5.59. The highest BCUT2D eigenvalue weighted by molar-refractivity contribution is 6.06. The number of aryl methyl sites for hydroxylation is 1. The predicted octanol–water partition coefficient (Wildman–Crippen LogP) is 2.97. The van der Waals surface area contributed by atoms with Gasteiger partial charge in [0, 0.05) is 24.5 Å². The molecule has 2 N–H and O–H groups in total. The molecule has 3 aromatic rings. The lowest BCUT2D eigenvalue weighted by atomic mass is 10.1. The number of benzene rings is 2. The van der Waals surface area contributed by atoms with E-state index in [0.29, 0.717) is 17.0 Å². The number of hydrogen-bond donors (Lipinski definition) is 2. The van der Waals surface area contributed by atoms with Crippen LogP contribution in [0.3, 0.4) is 0 Å². The van der Waals surface area contributed by atoms with Crippen molar-refractivity contribution in [3.8, 4) is 0 Å². The molecule has 0 bridgehead atoms. The van der Waals surface area contributed by atoms with Crippen LogP contribution in [0.25, 0.3) is 0 Å². The standard InChI is InChI=1S/C20H18FN5O2/c1-13(23-24-20(28)18-10-11-26(2)25-18)15-4-3-5-17(12-15)22-19(27)14-6-8-16(21)9-7-14/h3-12H,1-2H3,(H,22,27)(H,24,28)/b23-13+. The molecule has 28 heavy (non-hydrogen) atoms. The number of hydrazone groups is 1. The number of anilines is 1. The van der Waals surface area contributed by atoms with Crippen molar-refractivity contribution in [2.45, 2.75) is 6.92 Å². The van der Waals surface area contributed by atoms with Crippen molar-refractivity contribution < 1.29 is 14.0 Å². The molecule has 3 rings (SSSR count). The number of nitrogens with zero attached hydrogens (tertiary/aromatic N) is 3. The van der Waals surface area contributed by atoms with Crippen molar-refractivity contribution in [1.82, 2.24) is 15.2 Å². The number of nitrogens with one attached hydrogen (secondary N) is 2. The molecular weight excluding hydrogens is 361 g/mol. The third kappa shape index (κ3) is 4.67. The molecule has 0 radical (unpaired) electrons. The number of amides is 2. The molecule has 0 atom stereocenters. The van der Waals surface area contributed by atoms with Crippen molar-refractivity contribution in [2.75, 3.05) is 5.32 Å². The summed E-state index contributed by atoms with van der Waals surface area (Å²) in [5.74, 6) is -1.17. The summed E-state index contributed by atoms with van der Waals surface area (Å²) in [5.41, 5.74) is 4.89. The Morgan fingerprint density at radius 1 is 1.04 bits per heavy atom. The molecule has 0 spiro atoms. The molecule has 0 saturated heterocycles. The Bertz CT molecular complexity index is 1040. The number of halogens is 1. The maximum Gasteiger partial charge on any atom is 0.291 e. The van der Waals surface area contributed by atoms with Gasteiger partial charge in [-0.2, -0.15) is 10.2 Å². The molecule has 0 saturated carbocycles. The minimum absolute atomic E-state index is 0.263. The number of aromatic nitrogens is 2. The van der Waals surface area contributed by atoms with Crippen LogP contribution in [0.5, 0.6) is 0 Å². The summed E-state index contributed by atoms with van der Waals surface area (Å²) in [6.45, 7) is 1.74. The zero-order valence-electron chi connectivity index (χ0n) is 15.3. The van der Waals surface area contributed by atoms with Gasteiger partial charge in [-0.05, 0) is 55.0 Å². The fourth-order valence-electron chi connectivity index (χ4n) is 2.42. The lowest BCUT2D eigenvalue weighted by Gasteiger charge is -2.08. The highest BCUT2D eigenvalue weighted by Crippen LogP contribution is 2.13. The van der Waals surface area contributed by atoms with Crippen molar-refractivity contribution in [3.63, 3.8) is 0 Å². The first-order chi connectivity index (χ1) is 13.4. The van der Waals surface area contributed by atoms with Crippen LogP contribution in [0.4, 0.5) is 10.1 Å². The molecule has 1 aromatic heterocycles. The maximum absolute atomic E-state index is 13.0. The molecule has 1 heterocycles. The monoisotopic (exact) mass is 379 g/mol. The molecular formula is C20H18FN5O2. The van der Waals surface area contributed by atoms with Gasteiger partial charge in [0.15, 0.2) is 5.69 Å². The van der Waals surface area contributed by atoms with Gasteiger partial charge in [0.1, 0.15) is 5.82 Å². The number of rotatable bonds is 5. The zero-order valence-corrected chi connectivity index (χ0v) is 15.3. The van der Waals surface area contributed by atoms with E-state index in [1.54, 1.807) is 50.5 Å². The van der Waals surface area contributed by atoms with Gasteiger partial charge in [0.2, 0.25) is 0 Å². The van der Waals surface area contributed by atoms with E-state index >= 15 is 0 Å². The normalized spacial score (nSPS) is 11.2. The fourth-order valence-corrected chi connectivity index (χ4v) is 2.42. The van der Waals surface area contributed by atoms with Crippen molar-refractivity contribution >= 4 is 23.2 Å². The maximum atomic E-state index is 13.0. The first-order valence-electron chi connectivity index (χ1n) is 8.44. The highest BCUT2D eigenvalue weighted by atomic mass is 19.1. The van der Waals surface area contributed by atoms with Crippen LogP contribution in [0, 0.1) is 5.82 Å². The van der Waals surface area contributed by atoms with Gasteiger partial charge < -0.3 is 5.32 Å². The van der Waals surface area contributed by atoms with Crippen molar-refractivity contribution in [2.24, 2.45) is 12.1 Å². The lowest BCUT2D eigenvalue weighted by molar-refractivity contribution is 0.0948. The SMILES string of the molecule is C/C(=N\NC(=O)c1ccn(C)n1)c1cccc(NC(=O)c2ccc(F)cc2)c1. The third-order valence-corrected chi connectivity index (χ3v) is 3.92. The molecule has 0 aliphatic rings. The molecule has 7 nitrogen and oxygen atoms in total. The van der Waals surface area contributed by atoms with Crippen LogP contribution in [0.15, 0.2) is 65.9 Å². The van der Waals surface area contributed by atoms with Gasteiger partial charge >= 0.3 is 0 Å². The number of hydrogen-bond acceptors (Lipinski definition) is 4. The highest BCUT2D eigenvalue weighted by Gasteiger charge is 2.09. The average Bonchev–Trinajstić information content (AvgIpc) is 3.13. The molecule has 2 aromatic carbocycles. The minimum Gasteiger partial charge on any atom is -0.322 e. The summed E-state index contributed by atoms with van der Waals surface area (Å²) in [5, 5.41) is 10.8. The zero-order chi connectivity index (χ0) is 20.1. The van der Waals surface area contributed by atoms with Gasteiger partial charge in [0.05, 0.1) is 5.71 Å². The molecule has 0 unspecified atom stereocenters. The first kappa shape index (κ1) is 19.0. The van der Waals surface area contributed by atoms with Crippen LogP contribution in [0.1, 0.15) is 33.3 Å². The molecule has 0 aliphatic heterocycles. The molecule has 0 aliphatic carbocycles. The first-order valence-corrected chi connectivity index (χ1v) is 8.44. The second kappa shape index (κ2) is 8.26. The fraction of sp³-hybridized carbons (Fsp3) is 0.100. The Morgan fingerprint density at radius 2 is 1.79 bits per heavy atom. The molecule has 0 fully saturated rings. The second-order valence-corrected chi connectivity index (χ2v) is 6.05. The molecule has 8 heteroatoms. The Balaban J connectivity index is 1.68. The molecule has 2 amide bonds. The van der Waals surface area contributed by atoms with E-state index in [9.17, 15) is 14.0 Å². The van der Waals surface area contributed by atoms with Crippen LogP contribution >= 0.6 is 0 Å². The smallest absolute Gasteiger partial charge is 0.291 e. The Labute approximate surface area is 160 Å². The van der Waals surface area contributed by atoms with Crippen LogP contribution in [-0.4, -0.2) is 27.3 Å². The summed E-state index contributed by atoms with van der Waals surface area (Å²) >= 11 is 0. The van der Waals surface area contributed by atoms with E-state index in [0.717, 1.165) is 5.56 Å². The van der Waals surface area contributed by atoms with E-state index in [1.165, 1.54) is 28.9 Å². The van der Waals surface area contributed by atoms with Gasteiger partial charge in [-0.1, -0.05) is 12.1 Å². The van der Waals surface area contributed by atoms with E-state index in [4.69, 9.17) is 0 Å². The van der Waals surface area contributed by atoms with Crippen LogP contribution in [-0.2, 0) is 7.05 Å².